The molecule has 106 valence electrons. The van der Waals surface area contributed by atoms with E-state index in [4.69, 9.17) is 9.84 Å². The first-order chi connectivity index (χ1) is 9.12. The molecule has 3 aliphatic rings. The average molecular weight is 268 g/mol. The van der Waals surface area contributed by atoms with Crippen LogP contribution in [0, 0.1) is 5.41 Å². The van der Waals surface area contributed by atoms with Crippen molar-refractivity contribution < 1.29 is 19.4 Å². The molecule has 3 rings (SSSR count). The molecule has 2 N–H and O–H groups in total. The number of nitrogens with zero attached hydrogens (tertiary/aromatic N) is 1. The largest absolute Gasteiger partial charge is 0.480 e. The van der Waals surface area contributed by atoms with Gasteiger partial charge in [-0.1, -0.05) is 0 Å². The third-order valence-electron chi connectivity index (χ3n) is 4.55. The summed E-state index contributed by atoms with van der Waals surface area (Å²) in [4.78, 5) is 25.3. The quantitative estimate of drug-likeness (QED) is 0.692. The Morgan fingerprint density at radius 3 is 2.89 bits per heavy atom. The van der Waals surface area contributed by atoms with Crippen LogP contribution in [0.1, 0.15) is 25.7 Å². The van der Waals surface area contributed by atoms with Crippen LogP contribution in [0.3, 0.4) is 0 Å². The summed E-state index contributed by atoms with van der Waals surface area (Å²) in [6, 6.07) is 0.542. The number of morpholine rings is 1. The maximum Gasteiger partial charge on any atom is 0.319 e. The third-order valence-corrected chi connectivity index (χ3v) is 4.55. The Hall–Kier alpha value is -1.14. The van der Waals surface area contributed by atoms with Crippen LogP contribution in [0.5, 0.6) is 0 Å². The maximum absolute atomic E-state index is 11.9. The van der Waals surface area contributed by atoms with Gasteiger partial charge in [0.25, 0.3) is 0 Å². The molecule has 0 bridgehead atoms. The maximum atomic E-state index is 11.9. The summed E-state index contributed by atoms with van der Waals surface area (Å²) < 4.78 is 5.73. The molecule has 2 saturated heterocycles. The second-order valence-electron chi connectivity index (χ2n) is 5.84. The number of ether oxygens (including phenoxy) is 1. The fourth-order valence-corrected chi connectivity index (χ4v) is 3.05. The number of carbonyl (C=O) groups is 2. The van der Waals surface area contributed by atoms with Gasteiger partial charge in [0.2, 0.25) is 5.91 Å². The number of hydrogen-bond donors (Lipinski definition) is 2. The Kier molecular flexibility index (Phi) is 3.22. The molecular formula is C13H20N2O4. The lowest BCUT2D eigenvalue weighted by Crippen LogP contribution is -2.51. The zero-order chi connectivity index (χ0) is 13.5. The van der Waals surface area contributed by atoms with Gasteiger partial charge in [-0.3, -0.25) is 14.5 Å². The van der Waals surface area contributed by atoms with Crippen LogP contribution in [0.2, 0.25) is 0 Å². The van der Waals surface area contributed by atoms with E-state index in [9.17, 15) is 9.59 Å². The summed E-state index contributed by atoms with van der Waals surface area (Å²) >= 11 is 0. The van der Waals surface area contributed by atoms with Crippen LogP contribution >= 0.6 is 0 Å². The molecule has 2 atom stereocenters. The zero-order valence-electron chi connectivity index (χ0n) is 10.9. The third kappa shape index (κ3) is 2.34. The molecule has 0 aromatic rings. The van der Waals surface area contributed by atoms with E-state index in [0.717, 1.165) is 19.7 Å². The molecule has 6 nitrogen and oxygen atoms in total. The first kappa shape index (κ1) is 12.9. The van der Waals surface area contributed by atoms with E-state index in [0.29, 0.717) is 25.4 Å². The van der Waals surface area contributed by atoms with Gasteiger partial charge in [-0.15, -0.1) is 0 Å². The summed E-state index contributed by atoms with van der Waals surface area (Å²) in [5.41, 5.74) is -1.15. The summed E-state index contributed by atoms with van der Waals surface area (Å²) in [5, 5.41) is 11.8. The fraction of sp³-hybridized carbons (Fsp3) is 0.846. The Morgan fingerprint density at radius 2 is 2.21 bits per heavy atom. The SMILES string of the molecule is O=C(O)C1(C(=O)NCC2CN3CCCC3CO2)CC1. The van der Waals surface area contributed by atoms with Crippen molar-refractivity contribution in [1.29, 1.82) is 0 Å². The van der Waals surface area contributed by atoms with Gasteiger partial charge < -0.3 is 15.2 Å². The molecule has 0 aromatic carbocycles. The number of rotatable bonds is 4. The highest BCUT2D eigenvalue weighted by atomic mass is 16.5. The normalized spacial score (nSPS) is 32.6. The van der Waals surface area contributed by atoms with Gasteiger partial charge in [0, 0.05) is 19.1 Å². The van der Waals surface area contributed by atoms with Gasteiger partial charge in [-0.05, 0) is 32.2 Å². The highest BCUT2D eigenvalue weighted by Crippen LogP contribution is 2.46. The summed E-state index contributed by atoms with van der Waals surface area (Å²) in [5.74, 6) is -1.36. The molecule has 0 radical (unpaired) electrons. The standard InChI is InChI=1S/C13H20N2O4/c16-11(13(3-4-13)12(17)18)14-6-10-7-15-5-1-2-9(15)8-19-10/h9-10H,1-8H2,(H,14,16)(H,17,18). The predicted octanol–water partition coefficient (Wildman–Crippen LogP) is -0.169. The molecule has 0 spiro atoms. The van der Waals surface area contributed by atoms with Gasteiger partial charge in [0.15, 0.2) is 0 Å². The molecule has 6 heteroatoms. The first-order valence-electron chi connectivity index (χ1n) is 6.99. The van der Waals surface area contributed by atoms with Crippen molar-refractivity contribution in [2.75, 3.05) is 26.2 Å². The van der Waals surface area contributed by atoms with Crippen molar-refractivity contribution in [3.05, 3.63) is 0 Å². The second-order valence-corrected chi connectivity index (χ2v) is 5.84. The minimum atomic E-state index is -1.15. The van der Waals surface area contributed by atoms with E-state index < -0.39 is 11.4 Å². The number of carbonyl (C=O) groups excluding carboxylic acids is 1. The predicted molar refractivity (Wildman–Crippen MR) is 66.6 cm³/mol. The Balaban J connectivity index is 1.48. The van der Waals surface area contributed by atoms with E-state index in [1.54, 1.807) is 0 Å². The zero-order valence-corrected chi connectivity index (χ0v) is 10.9. The lowest BCUT2D eigenvalue weighted by molar-refractivity contribution is -0.149. The number of fused-ring (bicyclic) bond motifs is 1. The number of carboxylic acids is 1. The molecule has 1 saturated carbocycles. The number of carboxylic acid groups (broad SMARTS) is 1. The smallest absolute Gasteiger partial charge is 0.319 e. The molecular weight excluding hydrogens is 248 g/mol. The minimum Gasteiger partial charge on any atom is -0.480 e. The monoisotopic (exact) mass is 268 g/mol. The van der Waals surface area contributed by atoms with Crippen LogP contribution in [-0.2, 0) is 14.3 Å². The van der Waals surface area contributed by atoms with Gasteiger partial charge in [0.05, 0.1) is 12.7 Å². The van der Waals surface area contributed by atoms with Gasteiger partial charge in [-0.25, -0.2) is 0 Å². The molecule has 1 aliphatic carbocycles. The van der Waals surface area contributed by atoms with Crippen LogP contribution in [0.25, 0.3) is 0 Å². The van der Waals surface area contributed by atoms with Crippen LogP contribution in [0.4, 0.5) is 0 Å². The van der Waals surface area contributed by atoms with E-state index in [1.165, 1.54) is 12.8 Å². The van der Waals surface area contributed by atoms with Crippen molar-refractivity contribution in [1.82, 2.24) is 10.2 Å². The van der Waals surface area contributed by atoms with Crippen molar-refractivity contribution >= 4 is 11.9 Å². The summed E-state index contributed by atoms with van der Waals surface area (Å²) in [6.07, 6.45) is 3.31. The molecule has 3 fully saturated rings. The van der Waals surface area contributed by atoms with Crippen molar-refractivity contribution in [3.63, 3.8) is 0 Å². The molecule has 2 aliphatic heterocycles. The van der Waals surface area contributed by atoms with Gasteiger partial charge >= 0.3 is 5.97 Å². The molecule has 19 heavy (non-hydrogen) atoms. The summed E-state index contributed by atoms with van der Waals surface area (Å²) in [7, 11) is 0. The number of hydrogen-bond acceptors (Lipinski definition) is 4. The van der Waals surface area contributed by atoms with E-state index in [-0.39, 0.29) is 12.0 Å². The highest BCUT2D eigenvalue weighted by molar-refractivity contribution is 6.04. The first-order valence-corrected chi connectivity index (χ1v) is 6.99. The second kappa shape index (κ2) is 4.76. The van der Waals surface area contributed by atoms with Crippen LogP contribution in [-0.4, -0.2) is 60.3 Å². The molecule has 2 heterocycles. The topological polar surface area (TPSA) is 78.9 Å². The van der Waals surface area contributed by atoms with Crippen molar-refractivity contribution in [3.8, 4) is 0 Å². The molecule has 2 unspecified atom stereocenters. The number of amides is 1. The molecule has 1 amide bonds. The van der Waals surface area contributed by atoms with Crippen molar-refractivity contribution in [2.45, 2.75) is 37.8 Å². The van der Waals surface area contributed by atoms with Crippen LogP contribution < -0.4 is 5.32 Å². The Labute approximate surface area is 112 Å². The van der Waals surface area contributed by atoms with E-state index in [2.05, 4.69) is 10.2 Å². The Bertz CT molecular complexity index is 394. The Morgan fingerprint density at radius 1 is 1.42 bits per heavy atom. The number of nitrogens with one attached hydrogen (secondary N) is 1. The fourth-order valence-electron chi connectivity index (χ4n) is 3.05. The lowest BCUT2D eigenvalue weighted by atomic mass is 10.1. The highest BCUT2D eigenvalue weighted by Gasteiger charge is 2.57. The summed E-state index contributed by atoms with van der Waals surface area (Å²) in [6.45, 7) is 3.09. The number of aliphatic carboxylic acids is 1. The van der Waals surface area contributed by atoms with Gasteiger partial charge in [-0.2, -0.15) is 0 Å². The lowest BCUT2D eigenvalue weighted by Gasteiger charge is -2.35. The van der Waals surface area contributed by atoms with Crippen molar-refractivity contribution in [2.24, 2.45) is 5.41 Å². The van der Waals surface area contributed by atoms with E-state index >= 15 is 0 Å². The van der Waals surface area contributed by atoms with E-state index in [1.807, 2.05) is 0 Å². The molecule has 0 aromatic heterocycles. The average Bonchev–Trinajstić information content (AvgIpc) is 3.09. The minimum absolute atomic E-state index is 0.0112. The van der Waals surface area contributed by atoms with Gasteiger partial charge in [0.1, 0.15) is 5.41 Å². The van der Waals surface area contributed by atoms with Crippen LogP contribution in [0.15, 0.2) is 0 Å².